The van der Waals surface area contributed by atoms with Crippen molar-refractivity contribution in [3.05, 3.63) is 53.6 Å². The van der Waals surface area contributed by atoms with E-state index in [0.717, 1.165) is 23.5 Å². The van der Waals surface area contributed by atoms with E-state index in [0.29, 0.717) is 4.99 Å². The largest absolute Gasteiger partial charge is 0.497 e. The molecule has 0 fully saturated rings. The summed E-state index contributed by atoms with van der Waals surface area (Å²) in [6.45, 7) is 2.24. The van der Waals surface area contributed by atoms with E-state index in [9.17, 15) is 0 Å². The Morgan fingerprint density at radius 1 is 1.21 bits per heavy atom. The molecule has 2 aromatic carbocycles. The minimum Gasteiger partial charge on any atom is -0.497 e. The van der Waals surface area contributed by atoms with Gasteiger partial charge < -0.3 is 15.2 Å². The molecule has 2 N–H and O–H groups in total. The van der Waals surface area contributed by atoms with E-state index in [-0.39, 0.29) is 10.7 Å². The zero-order valence-electron chi connectivity index (χ0n) is 14.0. The van der Waals surface area contributed by atoms with Crippen LogP contribution >= 0.6 is 24.0 Å². The van der Waals surface area contributed by atoms with E-state index in [4.69, 9.17) is 27.4 Å². The number of benzene rings is 2. The van der Waals surface area contributed by atoms with E-state index in [2.05, 4.69) is 37.3 Å². The van der Waals surface area contributed by atoms with Gasteiger partial charge in [0.05, 0.1) is 24.5 Å². The summed E-state index contributed by atoms with van der Waals surface area (Å²) < 4.78 is 10.9. The molecule has 126 valence electrons. The number of hydrogen-bond donors (Lipinski definition) is 1. The third kappa shape index (κ3) is 2.87. The molecule has 0 saturated heterocycles. The minimum absolute atomic E-state index is 0.0664. The van der Waals surface area contributed by atoms with Crippen LogP contribution in [-0.2, 0) is 11.8 Å². The monoisotopic (exact) mass is 359 g/mol. The molecule has 2 unspecified atom stereocenters. The lowest BCUT2D eigenvalue weighted by atomic mass is 9.74. The summed E-state index contributed by atoms with van der Waals surface area (Å²) in [6, 6.07) is 14.4. The van der Waals surface area contributed by atoms with Crippen molar-refractivity contribution < 1.29 is 9.47 Å². The van der Waals surface area contributed by atoms with Crippen LogP contribution in [0.5, 0.6) is 11.5 Å². The molecule has 2 aromatic rings. The fourth-order valence-corrected chi connectivity index (χ4v) is 5.22. The second-order valence-electron chi connectivity index (χ2n) is 6.17. The molecule has 1 aliphatic rings. The molecule has 0 spiro atoms. The molecule has 0 bridgehead atoms. The minimum atomic E-state index is -0.172. The van der Waals surface area contributed by atoms with Crippen LogP contribution in [0.4, 0.5) is 0 Å². The van der Waals surface area contributed by atoms with Crippen molar-refractivity contribution in [1.82, 2.24) is 0 Å². The molecule has 24 heavy (non-hydrogen) atoms. The maximum Gasteiger partial charge on any atom is 0.125 e. The van der Waals surface area contributed by atoms with Crippen molar-refractivity contribution in [2.75, 3.05) is 14.2 Å². The fraction of sp³-hybridized carbons (Fsp3) is 0.316. The summed E-state index contributed by atoms with van der Waals surface area (Å²) in [5.41, 5.74) is 8.33. The Bertz CT molecular complexity index is 778. The first-order chi connectivity index (χ1) is 11.5. The first-order valence-corrected chi connectivity index (χ1v) is 9.05. The number of ether oxygens (including phenoxy) is 2. The number of hydrogen-bond acceptors (Lipinski definition) is 4. The summed E-state index contributed by atoms with van der Waals surface area (Å²) in [5.74, 6) is 1.61. The number of thioether (sulfide) groups is 1. The number of fused-ring (bicyclic) bond motifs is 1. The number of nitrogens with two attached hydrogens (primary N) is 1. The Morgan fingerprint density at radius 3 is 2.62 bits per heavy atom. The molecule has 1 aliphatic heterocycles. The predicted molar refractivity (Wildman–Crippen MR) is 103 cm³/mol. The summed E-state index contributed by atoms with van der Waals surface area (Å²) in [6.07, 6.45) is 0.798. The molecular formula is C19H21NO2S2. The quantitative estimate of drug-likeness (QED) is 0.819. The van der Waals surface area contributed by atoms with Crippen LogP contribution in [0.1, 0.15) is 18.1 Å². The zero-order chi connectivity index (χ0) is 17.3. The van der Waals surface area contributed by atoms with Crippen molar-refractivity contribution in [1.29, 1.82) is 0 Å². The van der Waals surface area contributed by atoms with E-state index in [1.165, 1.54) is 10.5 Å². The van der Waals surface area contributed by atoms with E-state index < -0.39 is 0 Å². The first-order valence-electron chi connectivity index (χ1n) is 7.76. The molecule has 1 heterocycles. The molecule has 0 aliphatic carbocycles. The highest BCUT2D eigenvalue weighted by atomic mass is 32.2. The van der Waals surface area contributed by atoms with Gasteiger partial charge in [0.15, 0.2) is 0 Å². The molecule has 3 nitrogen and oxygen atoms in total. The molecule has 5 heteroatoms. The second-order valence-corrected chi connectivity index (χ2v) is 7.79. The highest BCUT2D eigenvalue weighted by Crippen LogP contribution is 2.51. The number of methoxy groups -OCH3 is 2. The standard InChI is InChI=1S/C19H21NO2S2/c1-19(11-12-8-9-13(21-2)10-15(12)22-3)14-6-4-5-7-16(14)24-17(19)18(20)23/h4-10,17H,11H2,1-3H3,(H2,20,23). The Labute approximate surface area is 152 Å². The van der Waals surface area contributed by atoms with Crippen molar-refractivity contribution >= 4 is 29.0 Å². The predicted octanol–water partition coefficient (Wildman–Crippen LogP) is 3.96. The fourth-order valence-electron chi connectivity index (χ4n) is 3.39. The molecule has 3 rings (SSSR count). The SMILES string of the molecule is COc1ccc(CC2(C)c3ccccc3SC2C(N)=S)c(OC)c1. The summed E-state index contributed by atoms with van der Waals surface area (Å²) in [5, 5.41) is 0.0664. The van der Waals surface area contributed by atoms with Crippen LogP contribution in [0.3, 0.4) is 0 Å². The maximum absolute atomic E-state index is 6.08. The van der Waals surface area contributed by atoms with Gasteiger partial charge in [-0.15, -0.1) is 11.8 Å². The van der Waals surface area contributed by atoms with Gasteiger partial charge in [0, 0.05) is 16.4 Å². The highest BCUT2D eigenvalue weighted by molar-refractivity contribution is 8.02. The summed E-state index contributed by atoms with van der Waals surface area (Å²) in [7, 11) is 3.34. The summed E-state index contributed by atoms with van der Waals surface area (Å²) in [4.78, 5) is 1.80. The second kappa shape index (κ2) is 6.65. The number of thiocarbonyl (C=S) groups is 1. The van der Waals surface area contributed by atoms with Gasteiger partial charge in [-0.1, -0.05) is 43.4 Å². The van der Waals surface area contributed by atoms with Gasteiger partial charge in [0.2, 0.25) is 0 Å². The average Bonchev–Trinajstić information content (AvgIpc) is 2.88. The lowest BCUT2D eigenvalue weighted by molar-refractivity contribution is 0.386. The van der Waals surface area contributed by atoms with Gasteiger partial charge in [0.1, 0.15) is 11.5 Å². The van der Waals surface area contributed by atoms with Crippen LogP contribution in [0.15, 0.2) is 47.4 Å². The topological polar surface area (TPSA) is 44.5 Å². The first kappa shape index (κ1) is 17.1. The van der Waals surface area contributed by atoms with Gasteiger partial charge in [-0.2, -0.15) is 0 Å². The average molecular weight is 360 g/mol. The highest BCUT2D eigenvalue weighted by Gasteiger charge is 2.45. The molecule has 2 atom stereocenters. The van der Waals surface area contributed by atoms with Crippen molar-refractivity contribution in [2.45, 2.75) is 28.9 Å². The van der Waals surface area contributed by atoms with Crippen molar-refractivity contribution in [3.8, 4) is 11.5 Å². The Balaban J connectivity index is 2.05. The van der Waals surface area contributed by atoms with E-state index in [1.807, 2.05) is 12.1 Å². The lowest BCUT2D eigenvalue weighted by Gasteiger charge is -2.32. The van der Waals surface area contributed by atoms with Gasteiger partial charge in [-0.3, -0.25) is 0 Å². The maximum atomic E-state index is 6.08. The van der Waals surface area contributed by atoms with Gasteiger partial charge in [0.25, 0.3) is 0 Å². The van der Waals surface area contributed by atoms with Crippen molar-refractivity contribution in [3.63, 3.8) is 0 Å². The van der Waals surface area contributed by atoms with Crippen LogP contribution in [0.25, 0.3) is 0 Å². The summed E-state index contributed by atoms with van der Waals surface area (Å²) >= 11 is 7.13. The lowest BCUT2D eigenvalue weighted by Crippen LogP contribution is -2.41. The third-order valence-corrected chi connectivity index (χ3v) is 6.64. The zero-order valence-corrected chi connectivity index (χ0v) is 15.7. The van der Waals surface area contributed by atoms with Crippen molar-refractivity contribution in [2.24, 2.45) is 5.73 Å². The molecule has 0 aromatic heterocycles. The smallest absolute Gasteiger partial charge is 0.125 e. The molecule has 0 saturated carbocycles. The molecular weight excluding hydrogens is 338 g/mol. The Morgan fingerprint density at radius 2 is 1.96 bits per heavy atom. The Kier molecular flexibility index (Phi) is 4.74. The van der Waals surface area contributed by atoms with Crippen LogP contribution in [0.2, 0.25) is 0 Å². The molecule has 0 amide bonds. The number of rotatable bonds is 5. The molecule has 0 radical (unpaired) electrons. The van der Waals surface area contributed by atoms with Crippen LogP contribution in [-0.4, -0.2) is 24.5 Å². The Hall–Kier alpha value is -1.72. The van der Waals surface area contributed by atoms with Gasteiger partial charge in [-0.25, -0.2) is 0 Å². The van der Waals surface area contributed by atoms with Crippen LogP contribution in [0, 0.1) is 0 Å². The van der Waals surface area contributed by atoms with E-state index >= 15 is 0 Å². The van der Waals surface area contributed by atoms with Crippen LogP contribution < -0.4 is 15.2 Å². The van der Waals surface area contributed by atoms with Gasteiger partial charge in [-0.05, 0) is 29.7 Å². The van der Waals surface area contributed by atoms with E-state index in [1.54, 1.807) is 26.0 Å². The third-order valence-electron chi connectivity index (χ3n) is 4.64. The van der Waals surface area contributed by atoms with Gasteiger partial charge >= 0.3 is 0 Å². The normalized spacial score (nSPS) is 22.0.